The summed E-state index contributed by atoms with van der Waals surface area (Å²) in [7, 11) is 0. The van der Waals surface area contributed by atoms with E-state index >= 15 is 0 Å². The third-order valence-electron chi connectivity index (χ3n) is 5.38. The number of anilines is 1. The van der Waals surface area contributed by atoms with E-state index in [1.807, 2.05) is 25.7 Å². The lowest BCUT2D eigenvalue weighted by Crippen LogP contribution is -2.37. The van der Waals surface area contributed by atoms with Crippen LogP contribution in [-0.2, 0) is 4.79 Å². The SMILES string of the molecule is CC.CC1CCCN(c2ncc(Cl)cc2Cl)C1.CCN(C=O)C1CCC(O)CC1. The van der Waals surface area contributed by atoms with Gasteiger partial charge in [0.2, 0.25) is 6.41 Å². The van der Waals surface area contributed by atoms with E-state index in [2.05, 4.69) is 16.8 Å². The first-order valence-corrected chi connectivity index (χ1v) is 11.6. The maximum atomic E-state index is 10.6. The van der Waals surface area contributed by atoms with E-state index in [9.17, 15) is 9.90 Å². The highest BCUT2D eigenvalue weighted by molar-refractivity contribution is 6.36. The molecule has 166 valence electrons. The molecular formula is C22H37Cl2N3O2. The van der Waals surface area contributed by atoms with E-state index < -0.39 is 0 Å². The van der Waals surface area contributed by atoms with Gasteiger partial charge in [-0.2, -0.15) is 0 Å². The van der Waals surface area contributed by atoms with Gasteiger partial charge in [0.05, 0.1) is 16.1 Å². The van der Waals surface area contributed by atoms with E-state index in [1.165, 1.54) is 12.8 Å². The Labute approximate surface area is 186 Å². The predicted octanol–water partition coefficient (Wildman–Crippen LogP) is 5.42. The minimum atomic E-state index is -0.133. The van der Waals surface area contributed by atoms with Crippen molar-refractivity contribution >= 4 is 35.4 Å². The molecule has 1 aliphatic heterocycles. The lowest BCUT2D eigenvalue weighted by Gasteiger charge is -2.32. The summed E-state index contributed by atoms with van der Waals surface area (Å²) in [4.78, 5) is 18.9. The molecule has 0 radical (unpaired) electrons. The molecule has 0 aromatic carbocycles. The number of pyridine rings is 1. The summed E-state index contributed by atoms with van der Waals surface area (Å²) in [6.45, 7) is 11.1. The topological polar surface area (TPSA) is 56.7 Å². The average molecular weight is 446 g/mol. The lowest BCUT2D eigenvalue weighted by molar-refractivity contribution is -0.121. The van der Waals surface area contributed by atoms with Gasteiger partial charge in [0.15, 0.2) is 0 Å². The molecule has 2 heterocycles. The number of carbonyl (C=O) groups is 1. The van der Waals surface area contributed by atoms with Gasteiger partial charge in [0.1, 0.15) is 5.82 Å². The van der Waals surface area contributed by atoms with Crippen LogP contribution in [0.2, 0.25) is 10.0 Å². The monoisotopic (exact) mass is 445 g/mol. The van der Waals surface area contributed by atoms with Crippen molar-refractivity contribution in [3.05, 3.63) is 22.3 Å². The number of amides is 1. The van der Waals surface area contributed by atoms with Gasteiger partial charge in [0, 0.05) is 31.9 Å². The Hall–Kier alpha value is -1.04. The number of rotatable bonds is 4. The molecule has 2 fully saturated rings. The molecule has 1 aliphatic carbocycles. The number of aromatic nitrogens is 1. The Morgan fingerprint density at radius 2 is 1.90 bits per heavy atom. The average Bonchev–Trinajstić information content (AvgIpc) is 2.72. The second-order valence-electron chi connectivity index (χ2n) is 7.55. The molecule has 1 atom stereocenters. The number of carbonyl (C=O) groups excluding carboxylic acids is 1. The fourth-order valence-corrected chi connectivity index (χ4v) is 4.33. The van der Waals surface area contributed by atoms with Gasteiger partial charge in [-0.1, -0.05) is 44.0 Å². The quantitative estimate of drug-likeness (QED) is 0.628. The molecule has 1 aromatic heterocycles. The Bertz CT molecular complexity index is 595. The Morgan fingerprint density at radius 1 is 1.24 bits per heavy atom. The molecule has 0 bridgehead atoms. The van der Waals surface area contributed by atoms with E-state index in [-0.39, 0.29) is 6.10 Å². The molecule has 1 amide bonds. The van der Waals surface area contributed by atoms with Gasteiger partial charge >= 0.3 is 0 Å². The molecule has 3 rings (SSSR count). The number of aliphatic hydroxyl groups is 1. The first-order valence-electron chi connectivity index (χ1n) is 10.9. The molecule has 2 aliphatic rings. The van der Waals surface area contributed by atoms with Crippen molar-refractivity contribution in [1.82, 2.24) is 9.88 Å². The van der Waals surface area contributed by atoms with Gasteiger partial charge in [0.25, 0.3) is 0 Å². The van der Waals surface area contributed by atoms with Crippen LogP contribution >= 0.6 is 23.2 Å². The normalized spacial score (nSPS) is 23.8. The van der Waals surface area contributed by atoms with Crippen LogP contribution in [0.25, 0.3) is 0 Å². The van der Waals surface area contributed by atoms with E-state index in [1.54, 1.807) is 12.3 Å². The van der Waals surface area contributed by atoms with Crippen LogP contribution in [0, 0.1) is 5.92 Å². The smallest absolute Gasteiger partial charge is 0.209 e. The molecular weight excluding hydrogens is 409 g/mol. The summed E-state index contributed by atoms with van der Waals surface area (Å²) in [6.07, 6.45) is 8.53. The number of piperidine rings is 1. The highest BCUT2D eigenvalue weighted by Gasteiger charge is 2.22. The van der Waals surface area contributed by atoms with Crippen LogP contribution in [0.4, 0.5) is 5.82 Å². The summed E-state index contributed by atoms with van der Waals surface area (Å²) in [6, 6.07) is 2.13. The largest absolute Gasteiger partial charge is 0.393 e. The van der Waals surface area contributed by atoms with Gasteiger partial charge in [-0.15, -0.1) is 0 Å². The highest BCUT2D eigenvalue weighted by atomic mass is 35.5. The van der Waals surface area contributed by atoms with Crippen LogP contribution < -0.4 is 4.90 Å². The molecule has 1 saturated carbocycles. The van der Waals surface area contributed by atoms with E-state index in [0.29, 0.717) is 22.0 Å². The molecule has 1 N–H and O–H groups in total. The second kappa shape index (κ2) is 14.1. The van der Waals surface area contributed by atoms with Crippen molar-refractivity contribution in [1.29, 1.82) is 0 Å². The number of hydrogen-bond donors (Lipinski definition) is 1. The van der Waals surface area contributed by atoms with Crippen LogP contribution in [0.5, 0.6) is 0 Å². The predicted molar refractivity (Wildman–Crippen MR) is 123 cm³/mol. The van der Waals surface area contributed by atoms with Crippen molar-refractivity contribution in [3.8, 4) is 0 Å². The summed E-state index contributed by atoms with van der Waals surface area (Å²) < 4.78 is 0. The van der Waals surface area contributed by atoms with Crippen LogP contribution in [0.15, 0.2) is 12.3 Å². The van der Waals surface area contributed by atoms with Crippen LogP contribution in [-0.4, -0.2) is 53.2 Å². The fourth-order valence-electron chi connectivity index (χ4n) is 3.83. The van der Waals surface area contributed by atoms with Gasteiger partial charge in [-0.25, -0.2) is 4.98 Å². The minimum absolute atomic E-state index is 0.133. The van der Waals surface area contributed by atoms with Crippen molar-refractivity contribution < 1.29 is 9.90 Å². The first kappa shape index (κ1) is 26.0. The summed E-state index contributed by atoms with van der Waals surface area (Å²) in [5.74, 6) is 1.58. The minimum Gasteiger partial charge on any atom is -0.393 e. The van der Waals surface area contributed by atoms with Crippen molar-refractivity contribution in [2.24, 2.45) is 5.92 Å². The van der Waals surface area contributed by atoms with E-state index in [4.69, 9.17) is 23.2 Å². The van der Waals surface area contributed by atoms with Crippen LogP contribution in [0.1, 0.15) is 66.2 Å². The fraction of sp³-hybridized carbons (Fsp3) is 0.727. The molecule has 1 unspecified atom stereocenters. The van der Waals surface area contributed by atoms with Crippen molar-refractivity contribution in [2.45, 2.75) is 78.4 Å². The molecule has 1 saturated heterocycles. The third-order valence-corrected chi connectivity index (χ3v) is 5.87. The van der Waals surface area contributed by atoms with Crippen molar-refractivity contribution in [3.63, 3.8) is 0 Å². The molecule has 7 heteroatoms. The van der Waals surface area contributed by atoms with Gasteiger partial charge < -0.3 is 14.9 Å². The lowest BCUT2D eigenvalue weighted by atomic mass is 9.92. The zero-order valence-corrected chi connectivity index (χ0v) is 19.8. The molecule has 1 aromatic rings. The Kier molecular flexibility index (Phi) is 12.6. The zero-order chi connectivity index (χ0) is 21.8. The Balaban J connectivity index is 0.000000273. The third kappa shape index (κ3) is 8.69. The number of nitrogens with zero attached hydrogens (tertiary/aromatic N) is 3. The van der Waals surface area contributed by atoms with Crippen molar-refractivity contribution in [2.75, 3.05) is 24.5 Å². The molecule has 29 heavy (non-hydrogen) atoms. The number of aliphatic hydroxyl groups excluding tert-OH is 1. The van der Waals surface area contributed by atoms with Gasteiger partial charge in [-0.05, 0) is 57.4 Å². The van der Waals surface area contributed by atoms with Crippen LogP contribution in [0.3, 0.4) is 0 Å². The first-order chi connectivity index (χ1) is 13.9. The zero-order valence-electron chi connectivity index (χ0n) is 18.3. The molecule has 0 spiro atoms. The maximum Gasteiger partial charge on any atom is 0.209 e. The van der Waals surface area contributed by atoms with E-state index in [0.717, 1.165) is 57.5 Å². The standard InChI is InChI=1S/C11H14Cl2N2.C9H17NO2.C2H6/c1-8-3-2-4-15(7-8)11-10(13)5-9(12)6-14-11;1-2-10(7-11)8-3-5-9(12)6-4-8;1-2/h5-6,8H,2-4,7H2,1H3;7-9,12H,2-6H2,1H3;1-2H3. The number of halogens is 2. The van der Waals surface area contributed by atoms with Gasteiger partial charge in [-0.3, -0.25) is 4.79 Å². The second-order valence-corrected chi connectivity index (χ2v) is 8.39. The highest BCUT2D eigenvalue weighted by Crippen LogP contribution is 2.29. The summed E-state index contributed by atoms with van der Waals surface area (Å²) >= 11 is 11.9. The Morgan fingerprint density at radius 3 is 2.41 bits per heavy atom. The maximum absolute atomic E-state index is 10.6. The molecule has 5 nitrogen and oxygen atoms in total. The number of hydrogen-bond acceptors (Lipinski definition) is 4. The summed E-state index contributed by atoms with van der Waals surface area (Å²) in [5.41, 5.74) is 0. The summed E-state index contributed by atoms with van der Waals surface area (Å²) in [5, 5.41) is 10.5.